The van der Waals surface area contributed by atoms with Crippen LogP contribution in [0.25, 0.3) is 0 Å². The number of nitrogens with two attached hydrogens (primary N) is 1. The summed E-state index contributed by atoms with van der Waals surface area (Å²) >= 11 is 0. The van der Waals surface area contributed by atoms with Gasteiger partial charge in [-0.15, -0.1) is 12.4 Å². The molecular weight excluding hydrogens is 433 g/mol. The van der Waals surface area contributed by atoms with Crippen molar-refractivity contribution in [3.8, 4) is 0 Å². The van der Waals surface area contributed by atoms with Gasteiger partial charge in [-0.25, -0.2) is 4.98 Å². The van der Waals surface area contributed by atoms with Crippen molar-refractivity contribution >= 4 is 31.3 Å². The summed E-state index contributed by atoms with van der Waals surface area (Å²) in [6.45, 7) is 0.464. The van der Waals surface area contributed by atoms with Crippen molar-refractivity contribution in [3.63, 3.8) is 0 Å². The van der Waals surface area contributed by atoms with Crippen molar-refractivity contribution in [2.45, 2.75) is 56.5 Å². The van der Waals surface area contributed by atoms with Crippen molar-refractivity contribution in [2.75, 3.05) is 6.54 Å². The number of rotatable bonds is 10. The van der Waals surface area contributed by atoms with E-state index >= 15 is 0 Å². The van der Waals surface area contributed by atoms with Crippen molar-refractivity contribution in [1.29, 1.82) is 0 Å². The van der Waals surface area contributed by atoms with Gasteiger partial charge >= 0.3 is 7.12 Å². The molecule has 0 saturated carbocycles. The summed E-state index contributed by atoms with van der Waals surface area (Å²) in [5.41, 5.74) is 8.05. The van der Waals surface area contributed by atoms with E-state index < -0.39 is 25.1 Å². The highest BCUT2D eigenvalue weighted by molar-refractivity contribution is 6.43. The number of H-pyrrole nitrogens is 1. The molecule has 9 nitrogen and oxygen atoms in total. The number of aromatic nitrogens is 2. The standard InChI is InChI=1S/C21H30BN5O4.ClH/c23-17(12-15-6-2-1-3-7-15)21(29)27-11-5-9-18(27)20(28)26-19(22(30)31)10-4-8-16-13-24-14-25-16;/h1-3,6-7,13-14,17-19,30-31H,4-5,8-12,23H2,(H,24,25)(H,26,28);1H/t17-,18+,19+;/m1./s1. The highest BCUT2D eigenvalue weighted by Gasteiger charge is 2.38. The van der Waals surface area contributed by atoms with E-state index in [0.717, 1.165) is 11.3 Å². The molecule has 1 aliphatic rings. The molecular formula is C21H31BClN5O4. The van der Waals surface area contributed by atoms with Crippen LogP contribution in [0.15, 0.2) is 42.9 Å². The lowest BCUT2D eigenvalue weighted by Crippen LogP contribution is -2.55. The summed E-state index contributed by atoms with van der Waals surface area (Å²) < 4.78 is 0. The van der Waals surface area contributed by atoms with E-state index in [1.807, 2.05) is 30.3 Å². The maximum atomic E-state index is 12.9. The Bertz CT molecular complexity index is 840. The Morgan fingerprint density at radius 1 is 1.31 bits per heavy atom. The molecule has 2 heterocycles. The van der Waals surface area contributed by atoms with Gasteiger partial charge in [0, 0.05) is 18.4 Å². The lowest BCUT2D eigenvalue weighted by molar-refractivity contribution is -0.139. The second-order valence-corrected chi connectivity index (χ2v) is 7.98. The first-order valence-electron chi connectivity index (χ1n) is 10.7. The molecule has 1 fully saturated rings. The van der Waals surface area contributed by atoms with E-state index in [1.165, 1.54) is 4.90 Å². The van der Waals surface area contributed by atoms with E-state index in [9.17, 15) is 19.6 Å². The first-order chi connectivity index (χ1) is 15.0. The molecule has 3 atom stereocenters. The van der Waals surface area contributed by atoms with Crippen LogP contribution in [-0.2, 0) is 22.4 Å². The number of hydrogen-bond donors (Lipinski definition) is 5. The Balaban J connectivity index is 0.00000363. The maximum absolute atomic E-state index is 12.9. The van der Waals surface area contributed by atoms with Gasteiger partial charge in [0.2, 0.25) is 11.8 Å². The summed E-state index contributed by atoms with van der Waals surface area (Å²) in [6.07, 6.45) is 6.63. The number of aromatic amines is 1. The zero-order valence-corrected chi connectivity index (χ0v) is 18.7. The number of aryl methyl sites for hydroxylation is 1. The number of imidazole rings is 1. The van der Waals surface area contributed by atoms with E-state index in [4.69, 9.17) is 5.73 Å². The average Bonchev–Trinajstić information content (AvgIpc) is 3.45. The maximum Gasteiger partial charge on any atom is 0.475 e. The van der Waals surface area contributed by atoms with Gasteiger partial charge in [0.15, 0.2) is 0 Å². The first-order valence-corrected chi connectivity index (χ1v) is 10.7. The van der Waals surface area contributed by atoms with Crippen LogP contribution in [0.5, 0.6) is 0 Å². The van der Waals surface area contributed by atoms with Crippen LogP contribution < -0.4 is 11.1 Å². The zero-order chi connectivity index (χ0) is 22.2. The largest absolute Gasteiger partial charge is 0.475 e. The SMILES string of the molecule is Cl.N[C@H](Cc1ccccc1)C(=O)N1CCC[C@H]1C(=O)N[C@@H](CCCc1cnc[nH]1)B(O)O. The number of hydrogen-bond acceptors (Lipinski definition) is 6. The van der Waals surface area contributed by atoms with Crippen LogP contribution in [-0.4, -0.2) is 68.4 Å². The summed E-state index contributed by atoms with van der Waals surface area (Å²) in [5, 5.41) is 22.1. The normalized spacial score (nSPS) is 17.3. The molecule has 1 aromatic carbocycles. The molecule has 0 radical (unpaired) electrons. The van der Waals surface area contributed by atoms with E-state index in [1.54, 1.807) is 12.5 Å². The summed E-state index contributed by atoms with van der Waals surface area (Å²) in [5.74, 6) is -1.45. The fourth-order valence-corrected chi connectivity index (χ4v) is 3.98. The summed E-state index contributed by atoms with van der Waals surface area (Å²) in [4.78, 5) is 34.2. The minimum Gasteiger partial charge on any atom is -0.426 e. The highest BCUT2D eigenvalue weighted by Crippen LogP contribution is 2.20. The van der Waals surface area contributed by atoms with E-state index in [0.29, 0.717) is 45.1 Å². The molecule has 11 heteroatoms. The van der Waals surface area contributed by atoms with Crippen molar-refractivity contribution < 1.29 is 19.6 Å². The van der Waals surface area contributed by atoms with Crippen LogP contribution in [0.3, 0.4) is 0 Å². The number of nitrogens with one attached hydrogen (secondary N) is 2. The number of halogens is 1. The number of amides is 2. The Kier molecular flexibility index (Phi) is 10.2. The fourth-order valence-electron chi connectivity index (χ4n) is 3.98. The predicted octanol–water partition coefficient (Wildman–Crippen LogP) is 0.212. The number of benzene rings is 1. The molecule has 1 aliphatic heterocycles. The molecule has 0 aliphatic carbocycles. The van der Waals surface area contributed by atoms with Crippen LogP contribution >= 0.6 is 12.4 Å². The lowest BCUT2D eigenvalue weighted by atomic mass is 9.76. The number of likely N-dealkylation sites (tertiary alicyclic amines) is 1. The molecule has 1 aromatic heterocycles. The smallest absolute Gasteiger partial charge is 0.426 e. The second-order valence-electron chi connectivity index (χ2n) is 7.98. The minimum absolute atomic E-state index is 0. The molecule has 1 saturated heterocycles. The molecule has 0 spiro atoms. The van der Waals surface area contributed by atoms with Crippen LogP contribution in [0.4, 0.5) is 0 Å². The Morgan fingerprint density at radius 3 is 2.72 bits per heavy atom. The minimum atomic E-state index is -1.68. The van der Waals surface area contributed by atoms with Gasteiger partial charge in [-0.1, -0.05) is 30.3 Å². The zero-order valence-electron chi connectivity index (χ0n) is 17.9. The molecule has 2 amide bonds. The second kappa shape index (κ2) is 12.6. The summed E-state index contributed by atoms with van der Waals surface area (Å²) in [6, 6.07) is 8.14. The van der Waals surface area contributed by atoms with Gasteiger partial charge in [-0.05, 0) is 44.1 Å². The average molecular weight is 464 g/mol. The quantitative estimate of drug-likeness (QED) is 0.319. The predicted molar refractivity (Wildman–Crippen MR) is 124 cm³/mol. The first kappa shape index (κ1) is 25.9. The van der Waals surface area contributed by atoms with Gasteiger partial charge < -0.3 is 31.0 Å². The topological polar surface area (TPSA) is 145 Å². The van der Waals surface area contributed by atoms with Crippen molar-refractivity contribution in [1.82, 2.24) is 20.2 Å². The molecule has 0 unspecified atom stereocenters. The Labute approximate surface area is 194 Å². The fraction of sp³-hybridized carbons (Fsp3) is 0.476. The van der Waals surface area contributed by atoms with Gasteiger partial charge in [0.05, 0.1) is 18.3 Å². The number of nitrogens with zero attached hydrogens (tertiary/aromatic N) is 2. The van der Waals surface area contributed by atoms with Crippen molar-refractivity contribution in [3.05, 3.63) is 54.1 Å². The molecule has 32 heavy (non-hydrogen) atoms. The van der Waals surface area contributed by atoms with Gasteiger partial charge in [0.25, 0.3) is 0 Å². The molecule has 2 aromatic rings. The third kappa shape index (κ3) is 7.06. The van der Waals surface area contributed by atoms with Crippen molar-refractivity contribution in [2.24, 2.45) is 5.73 Å². The van der Waals surface area contributed by atoms with Gasteiger partial charge in [-0.2, -0.15) is 0 Å². The highest BCUT2D eigenvalue weighted by atomic mass is 35.5. The Morgan fingerprint density at radius 2 is 2.06 bits per heavy atom. The van der Waals surface area contributed by atoms with E-state index in [-0.39, 0.29) is 24.2 Å². The molecule has 0 bridgehead atoms. The van der Waals surface area contributed by atoms with E-state index in [2.05, 4.69) is 15.3 Å². The van der Waals surface area contributed by atoms with Crippen LogP contribution in [0, 0.1) is 0 Å². The number of carbonyl (C=O) groups excluding carboxylic acids is 2. The monoisotopic (exact) mass is 463 g/mol. The van der Waals surface area contributed by atoms with Gasteiger partial charge in [-0.3, -0.25) is 9.59 Å². The number of carbonyl (C=O) groups is 2. The van der Waals surface area contributed by atoms with Crippen LogP contribution in [0.2, 0.25) is 0 Å². The van der Waals surface area contributed by atoms with Gasteiger partial charge in [0.1, 0.15) is 6.04 Å². The third-order valence-electron chi connectivity index (χ3n) is 5.66. The molecule has 174 valence electrons. The summed E-state index contributed by atoms with van der Waals surface area (Å²) in [7, 11) is -1.68. The van der Waals surface area contributed by atoms with Crippen LogP contribution in [0.1, 0.15) is 36.9 Å². The molecule has 6 N–H and O–H groups in total. The molecule has 3 rings (SSSR count). The lowest BCUT2D eigenvalue weighted by Gasteiger charge is -2.28. The Hall–Kier alpha value is -2.40. The third-order valence-corrected chi connectivity index (χ3v) is 5.66.